The summed E-state index contributed by atoms with van der Waals surface area (Å²) >= 11 is 0. The molecule has 0 amide bonds. The molecule has 0 aliphatic carbocycles. The van der Waals surface area contributed by atoms with Gasteiger partial charge in [-0.2, -0.15) is 13.2 Å². The Labute approximate surface area is 209 Å². The number of rotatable bonds is 10. The fourth-order valence-corrected chi connectivity index (χ4v) is 4.42. The second-order valence-electron chi connectivity index (χ2n) is 9.26. The molecule has 2 heterocycles. The first-order valence-electron chi connectivity index (χ1n) is 12.1. The van der Waals surface area contributed by atoms with E-state index in [1.54, 1.807) is 12.4 Å². The van der Waals surface area contributed by atoms with Gasteiger partial charge in [-0.05, 0) is 61.2 Å². The number of aryl methyl sites for hydroxylation is 3. The van der Waals surface area contributed by atoms with Crippen molar-refractivity contribution in [3.8, 4) is 5.75 Å². The number of aromatic nitrogens is 2. The summed E-state index contributed by atoms with van der Waals surface area (Å²) in [6, 6.07) is 10.7. The number of hydrogen-bond acceptors (Lipinski definition) is 5. The lowest BCUT2D eigenvalue weighted by Gasteiger charge is -2.29. The molecule has 1 saturated heterocycles. The molecule has 1 aromatic heterocycles. The molecule has 0 unspecified atom stereocenters. The lowest BCUT2D eigenvalue weighted by Crippen LogP contribution is -2.38. The van der Waals surface area contributed by atoms with Gasteiger partial charge in [-0.15, -0.1) is 0 Å². The molecular formula is C27H32F3N3O3. The van der Waals surface area contributed by atoms with Crippen LogP contribution < -0.4 is 10.5 Å². The Kier molecular flexibility index (Phi) is 7.90. The highest BCUT2D eigenvalue weighted by Crippen LogP contribution is 2.33. The first kappa shape index (κ1) is 26.0. The summed E-state index contributed by atoms with van der Waals surface area (Å²) in [5.74, 6) is -0.217. The Balaban J connectivity index is 1.46. The zero-order valence-electron chi connectivity index (χ0n) is 20.6. The maximum Gasteiger partial charge on any atom is 0.416 e. The fourth-order valence-electron chi connectivity index (χ4n) is 4.42. The number of hydrogen-bond donors (Lipinski definition) is 1. The molecule has 4 rings (SSSR count). The van der Waals surface area contributed by atoms with Crippen molar-refractivity contribution in [2.24, 2.45) is 0 Å². The monoisotopic (exact) mass is 503 g/mol. The van der Waals surface area contributed by atoms with Crippen LogP contribution in [-0.2, 0) is 35.0 Å². The molecule has 2 N–H and O–H groups in total. The molecule has 1 aliphatic heterocycles. The highest BCUT2D eigenvalue weighted by atomic mass is 19.4. The third-order valence-electron chi connectivity index (χ3n) is 6.33. The van der Waals surface area contributed by atoms with Crippen molar-refractivity contribution in [3.05, 3.63) is 77.4 Å². The number of benzene rings is 2. The SMILES string of the molecule is CCCc1cncn1C[C@@]1(CCc2ccc(C(F)(F)F)cc2)OC[C@@H](COc2ccc(N)cc2C)O1. The predicted octanol–water partition coefficient (Wildman–Crippen LogP) is 5.57. The van der Waals surface area contributed by atoms with Gasteiger partial charge in [-0.1, -0.05) is 25.5 Å². The number of ether oxygens (including phenoxy) is 3. The van der Waals surface area contributed by atoms with Gasteiger partial charge in [-0.25, -0.2) is 4.98 Å². The summed E-state index contributed by atoms with van der Waals surface area (Å²) in [6.07, 6.45) is 1.77. The van der Waals surface area contributed by atoms with E-state index in [9.17, 15) is 13.2 Å². The predicted molar refractivity (Wildman–Crippen MR) is 131 cm³/mol. The van der Waals surface area contributed by atoms with E-state index in [1.807, 2.05) is 29.8 Å². The Morgan fingerprint density at radius 2 is 1.94 bits per heavy atom. The van der Waals surface area contributed by atoms with E-state index >= 15 is 0 Å². The zero-order chi connectivity index (χ0) is 25.8. The van der Waals surface area contributed by atoms with Crippen LogP contribution in [0.1, 0.15) is 42.1 Å². The van der Waals surface area contributed by atoms with E-state index in [0.717, 1.165) is 47.5 Å². The average molecular weight is 504 g/mol. The van der Waals surface area contributed by atoms with Gasteiger partial charge in [0.2, 0.25) is 0 Å². The van der Waals surface area contributed by atoms with E-state index in [1.165, 1.54) is 12.1 Å². The number of nitrogen functional groups attached to an aromatic ring is 1. The lowest BCUT2D eigenvalue weighted by atomic mass is 10.0. The highest BCUT2D eigenvalue weighted by Gasteiger charge is 2.42. The van der Waals surface area contributed by atoms with Crippen LogP contribution in [0.5, 0.6) is 5.75 Å². The van der Waals surface area contributed by atoms with Crippen LogP contribution in [0.2, 0.25) is 0 Å². The summed E-state index contributed by atoms with van der Waals surface area (Å²) in [5, 5.41) is 0. The van der Waals surface area contributed by atoms with Crippen LogP contribution in [-0.4, -0.2) is 34.7 Å². The Bertz CT molecular complexity index is 1150. The van der Waals surface area contributed by atoms with E-state index in [2.05, 4.69) is 11.9 Å². The van der Waals surface area contributed by atoms with Gasteiger partial charge in [0.15, 0.2) is 5.79 Å². The van der Waals surface area contributed by atoms with Crippen molar-refractivity contribution in [1.82, 2.24) is 9.55 Å². The first-order valence-corrected chi connectivity index (χ1v) is 12.1. The number of nitrogens with zero attached hydrogens (tertiary/aromatic N) is 2. The van der Waals surface area contributed by atoms with Gasteiger partial charge >= 0.3 is 6.18 Å². The van der Waals surface area contributed by atoms with Gasteiger partial charge in [0.05, 0.1) is 25.0 Å². The Morgan fingerprint density at radius 3 is 2.64 bits per heavy atom. The normalized spacial score (nSPS) is 20.1. The maximum atomic E-state index is 12.9. The lowest BCUT2D eigenvalue weighted by molar-refractivity contribution is -0.184. The Hall–Kier alpha value is -3.04. The zero-order valence-corrected chi connectivity index (χ0v) is 20.6. The van der Waals surface area contributed by atoms with Crippen molar-refractivity contribution in [1.29, 1.82) is 0 Å². The smallest absolute Gasteiger partial charge is 0.416 e. The summed E-state index contributed by atoms with van der Waals surface area (Å²) in [5.41, 5.74) is 8.64. The van der Waals surface area contributed by atoms with Crippen molar-refractivity contribution in [2.75, 3.05) is 18.9 Å². The number of nitrogens with two attached hydrogens (primary N) is 1. The molecule has 2 aromatic carbocycles. The molecule has 0 radical (unpaired) electrons. The van der Waals surface area contributed by atoms with E-state index < -0.39 is 17.5 Å². The standard InChI is InChI=1S/C27H32F3N3O3/c1-3-4-23-14-32-18-33(23)17-26(12-11-20-5-7-21(8-6-20)27(28,29)30)35-16-24(36-26)15-34-25-10-9-22(31)13-19(25)2/h5-10,13-14,18,24H,3-4,11-12,15-17,31H2,1-2H3/t24-,26+/m1/s1. The number of halogens is 3. The second-order valence-corrected chi connectivity index (χ2v) is 9.26. The van der Waals surface area contributed by atoms with Crippen molar-refractivity contribution >= 4 is 5.69 Å². The molecule has 0 saturated carbocycles. The van der Waals surface area contributed by atoms with Gasteiger partial charge in [0, 0.05) is 24.0 Å². The molecule has 9 heteroatoms. The molecule has 1 aliphatic rings. The largest absolute Gasteiger partial charge is 0.491 e. The van der Waals surface area contributed by atoms with Crippen LogP contribution in [0.3, 0.4) is 0 Å². The first-order chi connectivity index (χ1) is 17.2. The van der Waals surface area contributed by atoms with Gasteiger partial charge in [0.25, 0.3) is 0 Å². The van der Waals surface area contributed by atoms with E-state index in [-0.39, 0.29) is 6.10 Å². The molecule has 6 nitrogen and oxygen atoms in total. The van der Waals surface area contributed by atoms with Crippen LogP contribution in [0.15, 0.2) is 55.0 Å². The molecule has 0 bridgehead atoms. The molecule has 1 fully saturated rings. The third kappa shape index (κ3) is 6.39. The molecule has 3 aromatic rings. The van der Waals surface area contributed by atoms with E-state index in [0.29, 0.717) is 38.3 Å². The number of anilines is 1. The minimum atomic E-state index is -4.36. The van der Waals surface area contributed by atoms with Crippen LogP contribution in [0.4, 0.5) is 18.9 Å². The maximum absolute atomic E-state index is 12.9. The van der Waals surface area contributed by atoms with Crippen molar-refractivity contribution in [3.63, 3.8) is 0 Å². The molecule has 36 heavy (non-hydrogen) atoms. The molecule has 0 spiro atoms. The van der Waals surface area contributed by atoms with Crippen molar-refractivity contribution in [2.45, 2.75) is 64.1 Å². The Morgan fingerprint density at radius 1 is 1.17 bits per heavy atom. The number of imidazole rings is 1. The van der Waals surface area contributed by atoms with Crippen LogP contribution in [0.25, 0.3) is 0 Å². The summed E-state index contributed by atoms with van der Waals surface area (Å²) in [7, 11) is 0. The molecule has 2 atom stereocenters. The van der Waals surface area contributed by atoms with Gasteiger partial charge in [0.1, 0.15) is 18.5 Å². The minimum Gasteiger partial charge on any atom is -0.491 e. The van der Waals surface area contributed by atoms with Gasteiger partial charge in [-0.3, -0.25) is 0 Å². The highest BCUT2D eigenvalue weighted by molar-refractivity contribution is 5.47. The van der Waals surface area contributed by atoms with Gasteiger partial charge < -0.3 is 24.5 Å². The molecular weight excluding hydrogens is 471 g/mol. The molecule has 194 valence electrons. The summed E-state index contributed by atoms with van der Waals surface area (Å²) < 4.78 is 59.5. The van der Waals surface area contributed by atoms with E-state index in [4.69, 9.17) is 19.9 Å². The van der Waals surface area contributed by atoms with Crippen LogP contribution in [0, 0.1) is 6.92 Å². The quantitative estimate of drug-likeness (QED) is 0.367. The minimum absolute atomic E-state index is 0.298. The second kappa shape index (κ2) is 10.9. The third-order valence-corrected chi connectivity index (χ3v) is 6.33. The summed E-state index contributed by atoms with van der Waals surface area (Å²) in [6.45, 7) is 5.12. The average Bonchev–Trinajstić information content (AvgIpc) is 3.44. The summed E-state index contributed by atoms with van der Waals surface area (Å²) in [4.78, 5) is 4.29. The van der Waals surface area contributed by atoms with Crippen molar-refractivity contribution < 1.29 is 27.4 Å². The topological polar surface area (TPSA) is 71.5 Å². The van der Waals surface area contributed by atoms with Crippen LogP contribution >= 0.6 is 0 Å². The number of alkyl halides is 3. The fraction of sp³-hybridized carbons (Fsp3) is 0.444.